The SMILES string of the molecule is Cc1cc(C=NCCc2ccccn2)c([O-])c(C=NCCc2ccccn2)c1.Cc1cc(C=NCCc2ccccn2)c([O-])c(C=NCCc2ccccn2)c1.O.O.O.O.[O-][Cl+3]([O-])([O-])[O-].[O-][Cl+3]([O-])([O-])[O-].[O-][Cl+3]([O-])([O-])[O-].[O-][Cl+3]([O-])([O-])[O-].[OH-].[OH-].[Zn+2].[Zn+2].[Zn+2].[Zn+2].c1cc(C2C(c3ccncc3)C(c3ccncc3)C2c2ccncc2)ccn1. The fourth-order valence-electron chi connectivity index (χ4n) is 10.3. The Balaban J connectivity index is -0.000000328. The molecule has 0 bridgehead atoms. The van der Waals surface area contributed by atoms with E-state index in [1.54, 1.807) is 49.6 Å². The third kappa shape index (κ3) is 50.9. The largest absolute Gasteiger partial charge is 2.00 e. The van der Waals surface area contributed by atoms with Crippen LogP contribution < -0.4 is 84.8 Å². The molecule has 0 saturated heterocycles. The Morgan fingerprint density at radius 3 is 0.605 bits per heavy atom. The molecule has 36 nitrogen and oxygen atoms in total. The second-order valence-electron chi connectivity index (χ2n) is 21.7. The van der Waals surface area contributed by atoms with Gasteiger partial charge in [0.15, 0.2) is 0 Å². The molecule has 10 N–H and O–H groups in total. The van der Waals surface area contributed by atoms with Crippen molar-refractivity contribution in [2.45, 2.75) is 63.2 Å². The van der Waals surface area contributed by atoms with Crippen LogP contribution in [0.5, 0.6) is 11.5 Å². The molecule has 0 aliphatic heterocycles. The first-order chi connectivity index (χ1) is 49.4. The fourth-order valence-corrected chi connectivity index (χ4v) is 10.3. The van der Waals surface area contributed by atoms with Gasteiger partial charge in [-0.2, -0.15) is 0 Å². The molecule has 1 aliphatic carbocycles. The number of halogens is 4. The summed E-state index contributed by atoms with van der Waals surface area (Å²) in [5.74, 6) is 1.37. The summed E-state index contributed by atoms with van der Waals surface area (Å²) in [6.45, 7) is 6.32. The molecule has 0 amide bonds. The zero-order valence-corrected chi connectivity index (χ0v) is 75.9. The van der Waals surface area contributed by atoms with E-state index in [0.717, 1.165) is 59.6 Å². The number of nitrogens with zero attached hydrogens (tertiary/aromatic N) is 12. The van der Waals surface area contributed by atoms with Gasteiger partial charge in [-0.3, -0.25) is 59.8 Å². The van der Waals surface area contributed by atoms with Crippen LogP contribution in [0.1, 0.15) is 102 Å². The molecule has 2 aromatic carbocycles. The summed E-state index contributed by atoms with van der Waals surface area (Å²) in [5, 5.41) is 25.3. The third-order valence-corrected chi connectivity index (χ3v) is 14.3. The summed E-state index contributed by atoms with van der Waals surface area (Å²) >= 11 is 0. The monoisotopic (exact) mass is 1860 g/mol. The zero-order chi connectivity index (χ0) is 76.0. The molecule has 0 atom stereocenters. The molecule has 114 heavy (non-hydrogen) atoms. The Morgan fingerprint density at radius 2 is 0.456 bits per heavy atom. The van der Waals surface area contributed by atoms with E-state index in [1.807, 2.05) is 160 Å². The molecule has 596 valence electrons. The smallest absolute Gasteiger partial charge is 0.872 e. The molecule has 0 radical (unpaired) electrons. The Morgan fingerprint density at radius 1 is 0.289 bits per heavy atom. The number of benzene rings is 2. The van der Waals surface area contributed by atoms with E-state index < -0.39 is 41.0 Å². The average molecular weight is 1870 g/mol. The van der Waals surface area contributed by atoms with Crippen molar-refractivity contribution in [2.75, 3.05) is 26.2 Å². The van der Waals surface area contributed by atoms with Crippen LogP contribution in [0.2, 0.25) is 0 Å². The fraction of sp³-hybridized carbons (Fsp3) is 0.200. The second kappa shape index (κ2) is 62.0. The molecule has 8 aromatic heterocycles. The van der Waals surface area contributed by atoms with Crippen molar-refractivity contribution >= 4 is 24.9 Å². The standard InChI is InChI=1S/C24H20N4.2C23H24N4O.4ClHO4.6H2O.4Zn/c1-9-25-10-2-17(1)21-22(18-3-11-26-12-4-18)24(20-7-15-28-16-8-20)23(21)19-5-13-27-14-6-19;2*1-18-14-19(16-24-12-8-21-6-2-4-10-26-21)23(28)20(15-18)17-25-13-9-22-7-3-5-11-27-22;4*2-1(3,4)5;;;;;;;;;;/h1-16,21-24H;2*2-7,10-11,14-17,28H,8-9,12-13H2,1H3;4*(H,2,3,4,5);6*1H2;;;;/q;;;;;;;;;;;;;4*+2/p-8. The van der Waals surface area contributed by atoms with E-state index >= 15 is 0 Å². The van der Waals surface area contributed by atoms with Crippen molar-refractivity contribution in [1.29, 1.82) is 0 Å². The summed E-state index contributed by atoms with van der Waals surface area (Å²) in [5.41, 5.74) is 13.6. The number of aromatic nitrogens is 8. The van der Waals surface area contributed by atoms with Gasteiger partial charge in [-0.25, -0.2) is 74.5 Å². The first-order valence-corrected chi connectivity index (χ1v) is 35.6. The van der Waals surface area contributed by atoms with Crippen molar-refractivity contribution in [1.82, 2.24) is 39.9 Å². The topological polar surface area (TPSA) is 754 Å². The van der Waals surface area contributed by atoms with E-state index in [1.165, 1.54) is 22.3 Å². The number of aryl methyl sites for hydroxylation is 2. The van der Waals surface area contributed by atoms with Crippen molar-refractivity contribution in [3.63, 3.8) is 0 Å². The molecule has 1 fully saturated rings. The van der Waals surface area contributed by atoms with Gasteiger partial charge in [-0.1, -0.05) is 60.0 Å². The maximum atomic E-state index is 12.6. The van der Waals surface area contributed by atoms with Crippen LogP contribution in [-0.2, 0) is 104 Å². The summed E-state index contributed by atoms with van der Waals surface area (Å²) < 4.78 is 136. The van der Waals surface area contributed by atoms with Crippen LogP contribution in [0.4, 0.5) is 0 Å². The van der Waals surface area contributed by atoms with Gasteiger partial charge in [-0.05, 0) is 190 Å². The van der Waals surface area contributed by atoms with Crippen LogP contribution in [0.15, 0.2) is 240 Å². The molecular weight excluding hydrogens is 1800 g/mol. The maximum Gasteiger partial charge on any atom is 2.00 e. The van der Waals surface area contributed by atoms with Gasteiger partial charge < -0.3 is 43.1 Å². The van der Waals surface area contributed by atoms with Crippen LogP contribution in [0, 0.1) is 54.8 Å². The van der Waals surface area contributed by atoms with E-state index in [0.29, 0.717) is 72.1 Å². The minimum Gasteiger partial charge on any atom is -0.872 e. The second-order valence-corrected chi connectivity index (χ2v) is 24.7. The van der Waals surface area contributed by atoms with Gasteiger partial charge in [0.25, 0.3) is 0 Å². The first-order valence-electron chi connectivity index (χ1n) is 30.7. The molecular formula is C70H76Cl4N12O24Zn4. The minimum atomic E-state index is -4.94. The van der Waals surface area contributed by atoms with Gasteiger partial charge in [-0.15, -0.1) is 41.0 Å². The van der Waals surface area contributed by atoms with Gasteiger partial charge >= 0.3 is 77.9 Å². The van der Waals surface area contributed by atoms with Crippen molar-refractivity contribution in [2.24, 2.45) is 20.0 Å². The Labute approximate surface area is 714 Å². The normalized spacial score (nSPS) is 13.6. The Kier molecular flexibility index (Phi) is 63.9. The quantitative estimate of drug-likeness (QED) is 0.0505. The number of rotatable bonds is 20. The summed E-state index contributed by atoms with van der Waals surface area (Å²) in [6, 6.07) is 47.9. The minimum absolute atomic E-state index is 0. The summed E-state index contributed by atoms with van der Waals surface area (Å²) in [6.07, 6.45) is 31.8. The predicted molar refractivity (Wildman–Crippen MR) is 349 cm³/mol. The third-order valence-electron chi connectivity index (χ3n) is 14.3. The zero-order valence-electron chi connectivity index (χ0n) is 61.0. The van der Waals surface area contributed by atoms with Crippen molar-refractivity contribution < 1.29 is 236 Å². The van der Waals surface area contributed by atoms with Crippen LogP contribution in [0.3, 0.4) is 0 Å². The molecule has 11 rings (SSSR count). The number of hydrogen-bond acceptors (Lipinski definition) is 32. The molecule has 10 aromatic rings. The predicted octanol–water partition coefficient (Wildman–Crippen LogP) is -11.6. The average Bonchev–Trinajstić information content (AvgIpc) is 0.717. The summed E-state index contributed by atoms with van der Waals surface area (Å²) in [7, 11) is -19.8. The van der Waals surface area contributed by atoms with Crippen molar-refractivity contribution in [3.05, 3.63) is 298 Å². The van der Waals surface area contributed by atoms with Crippen molar-refractivity contribution in [3.8, 4) is 11.5 Å². The Bertz CT molecular complexity index is 3650. The molecule has 44 heteroatoms. The van der Waals surface area contributed by atoms with Gasteiger partial charge in [0.1, 0.15) is 0 Å². The maximum absolute atomic E-state index is 12.6. The van der Waals surface area contributed by atoms with Gasteiger partial charge in [0.05, 0.1) is 0 Å². The molecule has 8 heterocycles. The Hall–Kier alpha value is -7.31. The van der Waals surface area contributed by atoms with Gasteiger partial charge in [0.2, 0.25) is 0 Å². The number of aliphatic imine (C=N–C) groups is 4. The number of pyridine rings is 8. The van der Waals surface area contributed by atoms with E-state index in [9.17, 15) is 10.2 Å². The molecule has 0 unspecified atom stereocenters. The van der Waals surface area contributed by atoms with E-state index in [4.69, 9.17) is 74.5 Å². The first kappa shape index (κ1) is 118. The van der Waals surface area contributed by atoms with Crippen LogP contribution in [0.25, 0.3) is 0 Å². The molecule has 1 saturated carbocycles. The number of hydrogen-bond donors (Lipinski definition) is 0. The summed E-state index contributed by atoms with van der Waals surface area (Å²) in [4.78, 5) is 51.6. The van der Waals surface area contributed by atoms with Crippen LogP contribution in [-0.4, -0.2) is 124 Å². The van der Waals surface area contributed by atoms with E-state index in [2.05, 4.69) is 108 Å². The van der Waals surface area contributed by atoms with Crippen LogP contribution >= 0.6 is 0 Å². The molecule has 1 aliphatic rings. The van der Waals surface area contributed by atoms with Gasteiger partial charge in [0, 0.05) is 174 Å². The van der Waals surface area contributed by atoms with E-state index in [-0.39, 0.29) is 122 Å². The molecule has 0 spiro atoms.